The maximum atomic E-state index is 9.48. The fraction of sp³-hybridized carbons (Fsp3) is 0. The van der Waals surface area contributed by atoms with Gasteiger partial charge in [-0.05, 0) is 0 Å². The third kappa shape index (κ3) is 46.3. The first kappa shape index (κ1) is 22.0. The maximum absolute atomic E-state index is 9.48. The zero-order valence-electron chi connectivity index (χ0n) is 7.41. The number of rotatable bonds is 3. The van der Waals surface area contributed by atoms with Crippen molar-refractivity contribution in [2.45, 2.75) is 0 Å². The summed E-state index contributed by atoms with van der Waals surface area (Å²) in [5.74, 6) is 0. The Labute approximate surface area is 113 Å². The van der Waals surface area contributed by atoms with Gasteiger partial charge in [0.2, 0.25) is 10.4 Å². The largest absolute Gasteiger partial charge is 1.00 e. The van der Waals surface area contributed by atoms with Crippen LogP contribution < -0.4 is 29.6 Å². The van der Waals surface area contributed by atoms with E-state index in [0.717, 1.165) is 0 Å². The van der Waals surface area contributed by atoms with Crippen LogP contribution in [0, 0.1) is 0 Å². The minimum absolute atomic E-state index is 0. The van der Waals surface area contributed by atoms with Gasteiger partial charge >= 0.3 is 49.0 Å². The van der Waals surface area contributed by atoms with Crippen molar-refractivity contribution in [1.29, 1.82) is 0 Å². The van der Waals surface area contributed by atoms with Gasteiger partial charge in [-0.2, -0.15) is 8.42 Å². The van der Waals surface area contributed by atoms with Crippen molar-refractivity contribution in [3.05, 3.63) is 0 Å². The Kier molecular flexibility index (Phi) is 11.0. The molecule has 0 amide bonds. The molecule has 16 heteroatoms. The Morgan fingerprint density at radius 1 is 0.938 bits per heavy atom. The normalized spacial score (nSPS) is 12.1. The van der Waals surface area contributed by atoms with E-state index >= 15 is 0 Å². The molecule has 16 heavy (non-hydrogen) atoms. The third-order valence-corrected chi connectivity index (χ3v) is 0.758. The molecule has 0 aliphatic carbocycles. The SMILES string of the molecule is O=S(=O)([O-])OOS(=O)(=O)O.O[Si](O)(O)O.[Na+]. The van der Waals surface area contributed by atoms with Crippen molar-refractivity contribution >= 4 is 29.8 Å². The molecular formula is H5NaO12S2Si. The summed E-state index contributed by atoms with van der Waals surface area (Å²) in [6.07, 6.45) is 0. The van der Waals surface area contributed by atoms with Crippen molar-refractivity contribution in [2.75, 3.05) is 0 Å². The van der Waals surface area contributed by atoms with E-state index in [1.807, 2.05) is 0 Å². The topological polar surface area (TPSA) is 211 Å². The quantitative estimate of drug-likeness (QED) is 0.108. The van der Waals surface area contributed by atoms with Gasteiger partial charge in [0.05, 0.1) is 0 Å². The summed E-state index contributed by atoms with van der Waals surface area (Å²) in [5.41, 5.74) is 0. The van der Waals surface area contributed by atoms with Crippen molar-refractivity contribution in [3.63, 3.8) is 0 Å². The molecule has 0 saturated heterocycles. The second kappa shape index (κ2) is 8.00. The molecule has 0 radical (unpaired) electrons. The van der Waals surface area contributed by atoms with E-state index in [0.29, 0.717) is 0 Å². The molecule has 0 saturated carbocycles. The summed E-state index contributed by atoms with van der Waals surface area (Å²) in [6.45, 7) is 0. The van der Waals surface area contributed by atoms with Crippen LogP contribution in [-0.4, -0.2) is 54.2 Å². The molecule has 0 bridgehead atoms. The fourth-order valence-corrected chi connectivity index (χ4v) is 0.622. The van der Waals surface area contributed by atoms with E-state index in [2.05, 4.69) is 8.67 Å². The summed E-state index contributed by atoms with van der Waals surface area (Å²) >= 11 is 0. The van der Waals surface area contributed by atoms with Crippen LogP contribution in [0.3, 0.4) is 0 Å². The maximum Gasteiger partial charge on any atom is 1.00 e. The van der Waals surface area contributed by atoms with Gasteiger partial charge in [0.1, 0.15) is 0 Å². The van der Waals surface area contributed by atoms with E-state index < -0.39 is 29.8 Å². The van der Waals surface area contributed by atoms with Crippen LogP contribution in [0.4, 0.5) is 0 Å². The van der Waals surface area contributed by atoms with Gasteiger partial charge < -0.3 is 23.7 Å². The smallest absolute Gasteiger partial charge is 0.724 e. The van der Waals surface area contributed by atoms with Crippen LogP contribution in [0.25, 0.3) is 0 Å². The molecule has 0 aromatic heterocycles. The van der Waals surface area contributed by atoms with Crippen LogP contribution in [0.5, 0.6) is 0 Å². The number of hydrogen-bond donors (Lipinski definition) is 5. The molecule has 0 unspecified atom stereocenters. The Bertz CT molecular complexity index is 318. The molecule has 12 nitrogen and oxygen atoms in total. The minimum atomic E-state index is -5.27. The summed E-state index contributed by atoms with van der Waals surface area (Å²) < 4.78 is 60.2. The van der Waals surface area contributed by atoms with E-state index in [1.54, 1.807) is 0 Å². The zero-order chi connectivity index (χ0) is 12.9. The monoisotopic (exact) mass is 312 g/mol. The van der Waals surface area contributed by atoms with Gasteiger partial charge in [0.15, 0.2) is 0 Å². The molecule has 94 valence electrons. The second-order valence-corrected chi connectivity index (χ2v) is 4.72. The molecule has 0 atom stereocenters. The van der Waals surface area contributed by atoms with Crippen LogP contribution in [0.15, 0.2) is 0 Å². The van der Waals surface area contributed by atoms with E-state index in [9.17, 15) is 21.4 Å². The van der Waals surface area contributed by atoms with E-state index in [-0.39, 0.29) is 29.6 Å². The Morgan fingerprint density at radius 2 is 1.19 bits per heavy atom. The summed E-state index contributed by atoms with van der Waals surface area (Å²) in [7, 11) is -14.9. The Balaban J connectivity index is -0.000000242. The van der Waals surface area contributed by atoms with Crippen LogP contribution in [-0.2, 0) is 29.5 Å². The minimum Gasteiger partial charge on any atom is -0.724 e. The van der Waals surface area contributed by atoms with Gasteiger partial charge in [-0.15, -0.1) is 0 Å². The van der Waals surface area contributed by atoms with Crippen molar-refractivity contribution in [2.24, 2.45) is 0 Å². The zero-order valence-corrected chi connectivity index (χ0v) is 12.0. The molecule has 0 aliphatic rings. The first-order valence-electron chi connectivity index (χ1n) is 2.41. The van der Waals surface area contributed by atoms with Crippen molar-refractivity contribution in [1.82, 2.24) is 0 Å². The second-order valence-electron chi connectivity index (χ2n) is 1.57. The Morgan fingerprint density at radius 3 is 1.25 bits per heavy atom. The molecule has 0 aromatic carbocycles. The van der Waals surface area contributed by atoms with Gasteiger partial charge in [0, 0.05) is 0 Å². The Hall–Kier alpha value is 0.797. The average molecular weight is 312 g/mol. The molecule has 0 aliphatic heterocycles. The molecule has 0 spiro atoms. The van der Waals surface area contributed by atoms with Crippen LogP contribution >= 0.6 is 0 Å². The predicted molar refractivity (Wildman–Crippen MR) is 38.0 cm³/mol. The van der Waals surface area contributed by atoms with E-state index in [4.69, 9.17) is 23.7 Å². The van der Waals surface area contributed by atoms with Crippen LogP contribution in [0.1, 0.15) is 0 Å². The molecule has 0 rings (SSSR count). The molecular weight excluding hydrogens is 307 g/mol. The standard InChI is InChI=1S/Na.H2O8S2.H4O4Si/c;1-9(2,3)7-8-10(4,5)6;1-5(2,3)4/h;(H,1,2,3)(H,4,5,6);1-4H/q+1;;/p-1. The van der Waals surface area contributed by atoms with Crippen LogP contribution in [0.2, 0.25) is 0 Å². The molecule has 5 N–H and O–H groups in total. The predicted octanol–water partition coefficient (Wildman–Crippen LogP) is -7.41. The van der Waals surface area contributed by atoms with Gasteiger partial charge in [0.25, 0.3) is 0 Å². The average Bonchev–Trinajstić information content (AvgIpc) is 1.76. The fourth-order valence-electron chi connectivity index (χ4n) is 0.0691. The van der Waals surface area contributed by atoms with Gasteiger partial charge in [-0.1, -0.05) is 8.67 Å². The molecule has 0 heterocycles. The molecule has 0 fully saturated rings. The number of hydrogen-bond acceptors (Lipinski definition) is 11. The summed E-state index contributed by atoms with van der Waals surface area (Å²) in [6, 6.07) is 0. The van der Waals surface area contributed by atoms with Crippen molar-refractivity contribution in [3.8, 4) is 0 Å². The summed E-state index contributed by atoms with van der Waals surface area (Å²) in [5, 5.41) is 0. The van der Waals surface area contributed by atoms with Crippen molar-refractivity contribution < 1.29 is 83.3 Å². The van der Waals surface area contributed by atoms with Gasteiger partial charge in [-0.3, -0.25) is 4.55 Å². The first-order valence-corrected chi connectivity index (χ1v) is 6.90. The third-order valence-electron chi connectivity index (χ3n) is 0.197. The summed E-state index contributed by atoms with van der Waals surface area (Å²) in [4.78, 5) is 29.3. The first-order chi connectivity index (χ1) is 6.21. The van der Waals surface area contributed by atoms with E-state index in [1.165, 1.54) is 0 Å². The molecule has 0 aromatic rings. The van der Waals surface area contributed by atoms with Gasteiger partial charge in [-0.25, -0.2) is 8.42 Å².